The van der Waals surface area contributed by atoms with Gasteiger partial charge in [-0.3, -0.25) is 14.7 Å². The van der Waals surface area contributed by atoms with Crippen molar-refractivity contribution in [3.8, 4) is 5.69 Å². The topological polar surface area (TPSA) is 77.6 Å². The van der Waals surface area contributed by atoms with Crippen LogP contribution in [0.15, 0.2) is 67.3 Å². The van der Waals surface area contributed by atoms with Gasteiger partial charge in [0.2, 0.25) is 5.95 Å². The average Bonchev–Trinajstić information content (AvgIpc) is 3.29. The van der Waals surface area contributed by atoms with Crippen LogP contribution < -0.4 is 5.32 Å². The Labute approximate surface area is 143 Å². The van der Waals surface area contributed by atoms with Crippen LogP contribution in [0.25, 0.3) is 16.7 Å². The monoisotopic (exact) mass is 332 g/mol. The second-order valence-electron chi connectivity index (χ2n) is 5.64. The third-order valence-electron chi connectivity index (χ3n) is 4.02. The fraction of sp³-hybridized carbons (Fsp3) is 0.111. The summed E-state index contributed by atoms with van der Waals surface area (Å²) in [4.78, 5) is 21.1. The fourth-order valence-corrected chi connectivity index (χ4v) is 2.70. The van der Waals surface area contributed by atoms with Crippen LogP contribution in [0, 0.1) is 0 Å². The van der Waals surface area contributed by atoms with E-state index < -0.39 is 6.04 Å². The first kappa shape index (κ1) is 15.1. The summed E-state index contributed by atoms with van der Waals surface area (Å²) >= 11 is 0. The molecule has 0 saturated carbocycles. The van der Waals surface area contributed by atoms with Gasteiger partial charge < -0.3 is 0 Å². The Morgan fingerprint density at radius 2 is 1.84 bits per heavy atom. The molecule has 2 aromatic heterocycles. The molecule has 4 rings (SSSR count). The molecule has 2 heterocycles. The molecule has 124 valence electrons. The number of rotatable bonds is 4. The molecule has 1 unspecified atom stereocenters. The highest BCUT2D eigenvalue weighted by Gasteiger charge is 2.20. The molecule has 0 saturated heterocycles. The Bertz CT molecular complexity index is 1010. The van der Waals surface area contributed by atoms with Gasteiger partial charge in [-0.25, -0.2) is 14.6 Å². The van der Waals surface area contributed by atoms with E-state index in [0.717, 1.165) is 16.7 Å². The van der Waals surface area contributed by atoms with Crippen LogP contribution in [0.3, 0.4) is 0 Å². The largest absolute Gasteiger partial charge is 0.294 e. The van der Waals surface area contributed by atoms with E-state index in [0.29, 0.717) is 5.95 Å². The number of hydrogen-bond donors (Lipinski definition) is 1. The zero-order valence-corrected chi connectivity index (χ0v) is 13.6. The lowest BCUT2D eigenvalue weighted by Gasteiger charge is -2.13. The molecule has 0 radical (unpaired) electrons. The number of carbonyl (C=O) groups is 1. The Kier molecular flexibility index (Phi) is 3.74. The lowest BCUT2D eigenvalue weighted by molar-refractivity contribution is -0.119. The molecule has 0 fully saturated rings. The number of nitrogens with zero attached hydrogens (tertiary/aromatic N) is 5. The van der Waals surface area contributed by atoms with Gasteiger partial charge in [0.1, 0.15) is 18.7 Å². The zero-order chi connectivity index (χ0) is 17.2. The van der Waals surface area contributed by atoms with Crippen molar-refractivity contribution < 1.29 is 4.79 Å². The van der Waals surface area contributed by atoms with Gasteiger partial charge in [0.25, 0.3) is 5.91 Å². The van der Waals surface area contributed by atoms with Crippen LogP contribution in [0.5, 0.6) is 0 Å². The van der Waals surface area contributed by atoms with Gasteiger partial charge in [-0.05, 0) is 31.2 Å². The first-order chi connectivity index (χ1) is 12.2. The molecule has 0 aliphatic carbocycles. The van der Waals surface area contributed by atoms with E-state index in [2.05, 4.69) is 20.4 Å². The lowest BCUT2D eigenvalue weighted by Crippen LogP contribution is -2.25. The number of imidazole rings is 1. The molecule has 0 aliphatic heterocycles. The predicted octanol–water partition coefficient (Wildman–Crippen LogP) is 2.82. The van der Waals surface area contributed by atoms with Crippen LogP contribution in [0.1, 0.15) is 13.0 Å². The standard InChI is InChI=1S/C18H16N6O/c1-13(23-12-19-11-20-23)17(25)22-18-21-15-9-5-6-10-16(15)24(18)14-7-3-2-4-8-14/h2-13H,1H3,(H,21,22,25). The Balaban J connectivity index is 1.75. The summed E-state index contributed by atoms with van der Waals surface area (Å²) in [6, 6.07) is 17.1. The minimum atomic E-state index is -0.494. The average molecular weight is 332 g/mol. The summed E-state index contributed by atoms with van der Waals surface area (Å²) in [5, 5.41) is 6.93. The highest BCUT2D eigenvalue weighted by molar-refractivity contribution is 5.94. The molecule has 0 bridgehead atoms. The molecule has 25 heavy (non-hydrogen) atoms. The Morgan fingerprint density at radius 3 is 2.60 bits per heavy atom. The number of fused-ring (bicyclic) bond motifs is 1. The summed E-state index contributed by atoms with van der Waals surface area (Å²) in [7, 11) is 0. The normalized spacial score (nSPS) is 12.2. The van der Waals surface area contributed by atoms with Crippen molar-refractivity contribution in [2.75, 3.05) is 5.32 Å². The van der Waals surface area contributed by atoms with Gasteiger partial charge in [-0.1, -0.05) is 30.3 Å². The van der Waals surface area contributed by atoms with Crippen LogP contribution in [-0.2, 0) is 4.79 Å². The number of benzene rings is 2. The van der Waals surface area contributed by atoms with Gasteiger partial charge in [-0.15, -0.1) is 0 Å². The molecule has 7 nitrogen and oxygen atoms in total. The van der Waals surface area contributed by atoms with Crippen LogP contribution in [0.2, 0.25) is 0 Å². The van der Waals surface area contributed by atoms with Crippen molar-refractivity contribution in [1.29, 1.82) is 0 Å². The number of aromatic nitrogens is 5. The first-order valence-corrected chi connectivity index (χ1v) is 7.92. The maximum absolute atomic E-state index is 12.6. The quantitative estimate of drug-likeness (QED) is 0.623. The minimum Gasteiger partial charge on any atom is -0.294 e. The second-order valence-corrected chi connectivity index (χ2v) is 5.64. The molecule has 0 aliphatic rings. The van der Waals surface area contributed by atoms with E-state index in [1.807, 2.05) is 59.2 Å². The number of nitrogens with one attached hydrogen (secondary N) is 1. The Hall–Kier alpha value is -3.48. The van der Waals surface area contributed by atoms with Crippen LogP contribution in [0.4, 0.5) is 5.95 Å². The highest BCUT2D eigenvalue weighted by Crippen LogP contribution is 2.25. The molecule has 7 heteroatoms. The summed E-state index contributed by atoms with van der Waals surface area (Å²) in [5.74, 6) is 0.266. The molecule has 2 aromatic carbocycles. The molecule has 0 spiro atoms. The van der Waals surface area contributed by atoms with E-state index in [1.54, 1.807) is 6.92 Å². The molecule has 1 amide bonds. The molecular formula is C18H16N6O. The molecule has 1 N–H and O–H groups in total. The number of para-hydroxylation sites is 3. The summed E-state index contributed by atoms with van der Waals surface area (Å²) in [6.07, 6.45) is 2.92. The van der Waals surface area contributed by atoms with E-state index in [-0.39, 0.29) is 5.91 Å². The SMILES string of the molecule is CC(C(=O)Nc1nc2ccccc2n1-c1ccccc1)n1cncn1. The van der Waals surface area contributed by atoms with E-state index >= 15 is 0 Å². The molecule has 4 aromatic rings. The van der Waals surface area contributed by atoms with Gasteiger partial charge in [0.15, 0.2) is 0 Å². The van der Waals surface area contributed by atoms with Crippen molar-refractivity contribution in [2.24, 2.45) is 0 Å². The fourth-order valence-electron chi connectivity index (χ4n) is 2.70. The van der Waals surface area contributed by atoms with Crippen LogP contribution in [-0.4, -0.2) is 30.2 Å². The van der Waals surface area contributed by atoms with Gasteiger partial charge in [-0.2, -0.15) is 5.10 Å². The summed E-state index contributed by atoms with van der Waals surface area (Å²) < 4.78 is 3.44. The third-order valence-corrected chi connectivity index (χ3v) is 4.02. The van der Waals surface area contributed by atoms with E-state index in [1.165, 1.54) is 17.3 Å². The van der Waals surface area contributed by atoms with Crippen molar-refractivity contribution in [3.63, 3.8) is 0 Å². The minimum absolute atomic E-state index is 0.210. The summed E-state index contributed by atoms with van der Waals surface area (Å²) in [5.41, 5.74) is 2.67. The van der Waals surface area contributed by atoms with Crippen molar-refractivity contribution >= 4 is 22.9 Å². The van der Waals surface area contributed by atoms with Gasteiger partial charge in [0.05, 0.1) is 11.0 Å². The first-order valence-electron chi connectivity index (χ1n) is 7.92. The maximum Gasteiger partial charge on any atom is 0.251 e. The highest BCUT2D eigenvalue weighted by atomic mass is 16.2. The molecular weight excluding hydrogens is 316 g/mol. The van der Waals surface area contributed by atoms with E-state index in [4.69, 9.17) is 0 Å². The lowest BCUT2D eigenvalue weighted by atomic mass is 10.3. The number of carbonyl (C=O) groups excluding carboxylic acids is 1. The van der Waals surface area contributed by atoms with Crippen LogP contribution >= 0.6 is 0 Å². The number of amides is 1. The smallest absolute Gasteiger partial charge is 0.251 e. The van der Waals surface area contributed by atoms with Gasteiger partial charge >= 0.3 is 0 Å². The van der Waals surface area contributed by atoms with E-state index in [9.17, 15) is 4.79 Å². The zero-order valence-electron chi connectivity index (χ0n) is 13.6. The van der Waals surface area contributed by atoms with Crippen molar-refractivity contribution in [3.05, 3.63) is 67.3 Å². The molecule has 1 atom stereocenters. The number of hydrogen-bond acceptors (Lipinski definition) is 4. The van der Waals surface area contributed by atoms with Crippen molar-refractivity contribution in [1.82, 2.24) is 24.3 Å². The summed E-state index contributed by atoms with van der Waals surface area (Å²) in [6.45, 7) is 1.76. The third kappa shape index (κ3) is 2.76. The van der Waals surface area contributed by atoms with Gasteiger partial charge in [0, 0.05) is 5.69 Å². The Morgan fingerprint density at radius 1 is 1.08 bits per heavy atom. The maximum atomic E-state index is 12.6. The number of anilines is 1. The van der Waals surface area contributed by atoms with Crippen molar-refractivity contribution in [2.45, 2.75) is 13.0 Å². The second kappa shape index (κ2) is 6.20. The predicted molar refractivity (Wildman–Crippen MR) is 94.4 cm³/mol.